The maximum atomic E-state index is 5.80. The summed E-state index contributed by atoms with van der Waals surface area (Å²) in [5.74, 6) is 1.69. The number of rotatable bonds is 11. The van der Waals surface area contributed by atoms with Gasteiger partial charge < -0.3 is 0 Å². The first-order valence-electron chi connectivity index (χ1n) is 9.95. The van der Waals surface area contributed by atoms with E-state index in [0.717, 1.165) is 11.5 Å². The molecular weight excluding hydrogens is 468 g/mol. The Morgan fingerprint density at radius 1 is 0.679 bits per heavy atom. The van der Waals surface area contributed by atoms with Gasteiger partial charge in [-0.05, 0) is 0 Å². The van der Waals surface area contributed by atoms with Gasteiger partial charge in [0.2, 0.25) is 0 Å². The molecule has 2 unspecified atom stereocenters. The van der Waals surface area contributed by atoms with Crippen LogP contribution < -0.4 is 16.7 Å². The van der Waals surface area contributed by atoms with E-state index in [0.29, 0.717) is 13.2 Å². The Hall–Kier alpha value is -1.25. The second-order valence-electron chi connectivity index (χ2n) is 6.60. The second kappa shape index (κ2) is 11.1. The first-order chi connectivity index (χ1) is 13.4. The van der Waals surface area contributed by atoms with Crippen LogP contribution in [0, 0.1) is 0 Å². The normalized spacial score (nSPS) is 16.6. The van der Waals surface area contributed by atoms with Gasteiger partial charge >= 0.3 is 174 Å². The van der Waals surface area contributed by atoms with Crippen LogP contribution in [-0.4, -0.2) is 44.0 Å². The molecule has 0 aliphatic heterocycles. The minimum atomic E-state index is -2.44. The molecule has 0 amide bonds. The topological polar surface area (TPSA) is 36.9 Å². The van der Waals surface area contributed by atoms with Gasteiger partial charge in [0.05, 0.1) is 0 Å². The van der Waals surface area contributed by atoms with E-state index in [4.69, 9.17) is 18.9 Å². The zero-order chi connectivity index (χ0) is 20.6. The quantitative estimate of drug-likeness (QED) is 0.337. The van der Waals surface area contributed by atoms with Gasteiger partial charge in [0.15, 0.2) is 0 Å². The number of hydrogen-bond acceptors (Lipinski definition) is 4. The third kappa shape index (κ3) is 6.12. The monoisotopic (exact) mass is 504 g/mol. The first kappa shape index (κ1) is 23.0. The molecule has 2 aromatic rings. The van der Waals surface area contributed by atoms with Crippen molar-refractivity contribution in [2.45, 2.75) is 56.6 Å². The minimum absolute atomic E-state index is 0.234. The summed E-state index contributed by atoms with van der Waals surface area (Å²) in [5.41, 5.74) is 0. The molecule has 0 aliphatic carbocycles. The third-order valence-electron chi connectivity index (χ3n) is 4.67. The van der Waals surface area contributed by atoms with Crippen molar-refractivity contribution in [3.63, 3.8) is 0 Å². The zero-order valence-electron chi connectivity index (χ0n) is 17.9. The van der Waals surface area contributed by atoms with Crippen LogP contribution in [0.1, 0.15) is 34.6 Å². The molecule has 2 rings (SSSR count). The van der Waals surface area contributed by atoms with Gasteiger partial charge in [-0.15, -0.1) is 0 Å². The molecule has 0 saturated heterocycles. The van der Waals surface area contributed by atoms with Gasteiger partial charge in [-0.25, -0.2) is 0 Å². The summed E-state index contributed by atoms with van der Waals surface area (Å²) in [6, 6.07) is 17.1. The van der Waals surface area contributed by atoms with Crippen molar-refractivity contribution in [2.24, 2.45) is 0 Å². The molecule has 156 valence electrons. The predicted octanol–water partition coefficient (Wildman–Crippen LogP) is 4.42. The van der Waals surface area contributed by atoms with Crippen LogP contribution in [0.4, 0.5) is 0 Å². The van der Waals surface area contributed by atoms with E-state index in [1.807, 2.05) is 27.7 Å². The summed E-state index contributed by atoms with van der Waals surface area (Å²) in [5, 5.41) is 0. The molecule has 0 spiro atoms. The van der Waals surface area contributed by atoms with Crippen molar-refractivity contribution in [1.29, 1.82) is 0 Å². The maximum absolute atomic E-state index is 5.80. The predicted molar refractivity (Wildman–Crippen MR) is 118 cm³/mol. The number of ether oxygens (including phenoxy) is 4. The van der Waals surface area contributed by atoms with Gasteiger partial charge in [0, 0.05) is 0 Å². The van der Waals surface area contributed by atoms with Gasteiger partial charge in [-0.3, -0.25) is 0 Å². The average molecular weight is 502 g/mol. The Labute approximate surface area is 174 Å². The van der Waals surface area contributed by atoms with Crippen LogP contribution in [0.15, 0.2) is 48.5 Å². The SMILES string of the molecule is CCOC(C)Oc1ccc([Te](C)(CC)c2ccc(OC(C)OCC)cc2)cc1. The standard InChI is InChI=1S/C23H34O4Te/c1-7-24-18(4)26-20-10-14-22(15-11-20)28(6,9-3)23-16-12-21(13-17-23)27-19(5)25-8-2/h10-19H,7-9H2,1-6H3. The molecule has 5 heteroatoms. The van der Waals surface area contributed by atoms with Crippen LogP contribution in [0.5, 0.6) is 11.5 Å². The summed E-state index contributed by atoms with van der Waals surface area (Å²) < 4.78 is 26.6. The molecule has 0 fully saturated rings. The van der Waals surface area contributed by atoms with Crippen LogP contribution in [-0.2, 0) is 9.47 Å². The van der Waals surface area contributed by atoms with E-state index in [-0.39, 0.29) is 12.6 Å². The Bertz CT molecular complexity index is 642. The van der Waals surface area contributed by atoms with E-state index in [9.17, 15) is 0 Å². The Morgan fingerprint density at radius 3 is 1.32 bits per heavy atom. The molecule has 0 saturated carbocycles. The molecule has 0 heterocycles. The molecule has 0 aliphatic rings. The molecule has 0 radical (unpaired) electrons. The molecule has 0 N–H and O–H groups in total. The van der Waals surface area contributed by atoms with Crippen LogP contribution >= 0.6 is 0 Å². The molecule has 0 bridgehead atoms. The Morgan fingerprint density at radius 2 is 1.04 bits per heavy atom. The molecule has 0 aromatic heterocycles. The van der Waals surface area contributed by atoms with Crippen LogP contribution in [0.2, 0.25) is 9.44 Å². The van der Waals surface area contributed by atoms with Crippen molar-refractivity contribution < 1.29 is 18.9 Å². The van der Waals surface area contributed by atoms with Crippen LogP contribution in [0.3, 0.4) is 0 Å². The van der Waals surface area contributed by atoms with E-state index >= 15 is 0 Å². The van der Waals surface area contributed by atoms with Gasteiger partial charge in [0.25, 0.3) is 0 Å². The van der Waals surface area contributed by atoms with Crippen molar-refractivity contribution in [3.8, 4) is 11.5 Å². The first-order valence-corrected chi connectivity index (χ1v) is 16.3. The Kier molecular flexibility index (Phi) is 9.10. The second-order valence-corrected chi connectivity index (χ2v) is 17.1. The average Bonchev–Trinajstić information content (AvgIpc) is 2.69. The summed E-state index contributed by atoms with van der Waals surface area (Å²) in [6.07, 6.45) is -0.469. The summed E-state index contributed by atoms with van der Waals surface area (Å²) in [6.45, 7) is 11.4. The molecule has 4 nitrogen and oxygen atoms in total. The van der Waals surface area contributed by atoms with Crippen LogP contribution in [0.25, 0.3) is 0 Å². The fourth-order valence-electron chi connectivity index (χ4n) is 3.03. The van der Waals surface area contributed by atoms with E-state index in [1.54, 1.807) is 0 Å². The summed E-state index contributed by atoms with van der Waals surface area (Å²) in [7, 11) is 0. The number of benzene rings is 2. The van der Waals surface area contributed by atoms with E-state index in [2.05, 4.69) is 60.4 Å². The van der Waals surface area contributed by atoms with Gasteiger partial charge in [0.1, 0.15) is 0 Å². The molecule has 28 heavy (non-hydrogen) atoms. The van der Waals surface area contributed by atoms with Crippen molar-refractivity contribution >= 4 is 25.4 Å². The molecular formula is C23H34O4Te. The van der Waals surface area contributed by atoms with E-state index in [1.165, 1.54) is 11.7 Å². The Balaban J connectivity index is 2.15. The third-order valence-corrected chi connectivity index (χ3v) is 15.5. The summed E-state index contributed by atoms with van der Waals surface area (Å²) >= 11 is -2.44. The van der Waals surface area contributed by atoms with E-state index < -0.39 is 18.2 Å². The fraction of sp³-hybridized carbons (Fsp3) is 0.478. The zero-order valence-corrected chi connectivity index (χ0v) is 20.3. The molecule has 2 atom stereocenters. The fourth-order valence-corrected chi connectivity index (χ4v) is 9.91. The van der Waals surface area contributed by atoms with Crippen molar-refractivity contribution in [1.82, 2.24) is 0 Å². The van der Waals surface area contributed by atoms with Crippen molar-refractivity contribution in [3.05, 3.63) is 48.5 Å². The van der Waals surface area contributed by atoms with Gasteiger partial charge in [-0.2, -0.15) is 0 Å². The molecule has 2 aromatic carbocycles. The van der Waals surface area contributed by atoms with Gasteiger partial charge in [-0.1, -0.05) is 0 Å². The van der Waals surface area contributed by atoms with Crippen molar-refractivity contribution in [2.75, 3.05) is 13.2 Å². The summed E-state index contributed by atoms with van der Waals surface area (Å²) in [4.78, 5) is 2.46. The number of hydrogen-bond donors (Lipinski definition) is 0.